The van der Waals surface area contributed by atoms with Gasteiger partial charge in [-0.15, -0.1) is 0 Å². The lowest BCUT2D eigenvalue weighted by molar-refractivity contribution is -0.130. The van der Waals surface area contributed by atoms with E-state index in [0.29, 0.717) is 6.54 Å². The van der Waals surface area contributed by atoms with Crippen LogP contribution in [0.2, 0.25) is 0 Å². The molecular weight excluding hydrogens is 240 g/mol. The predicted molar refractivity (Wildman–Crippen MR) is 75.1 cm³/mol. The number of benzene rings is 1. The van der Waals surface area contributed by atoms with Crippen molar-refractivity contribution >= 4 is 5.91 Å². The van der Waals surface area contributed by atoms with Gasteiger partial charge in [0.15, 0.2) is 0 Å². The molecule has 2 N–H and O–H groups in total. The van der Waals surface area contributed by atoms with Gasteiger partial charge < -0.3 is 15.4 Å². The highest BCUT2D eigenvalue weighted by Crippen LogP contribution is 2.29. The van der Waals surface area contributed by atoms with Gasteiger partial charge in [0, 0.05) is 18.7 Å². The molecule has 0 bridgehead atoms. The molecule has 1 amide bonds. The minimum atomic E-state index is -0.234. The van der Waals surface area contributed by atoms with Crippen molar-refractivity contribution in [2.24, 2.45) is 5.41 Å². The Morgan fingerprint density at radius 2 is 2.26 bits per heavy atom. The zero-order valence-electron chi connectivity index (χ0n) is 11.7. The predicted octanol–water partition coefficient (Wildman–Crippen LogP) is 1.70. The summed E-state index contributed by atoms with van der Waals surface area (Å²) in [5.41, 5.74) is 0.776. The SMILES string of the molecule is CCC1(C(=O)NCc2ccccc2OC)CCNC1. The highest BCUT2D eigenvalue weighted by Gasteiger charge is 2.39. The third kappa shape index (κ3) is 2.89. The maximum Gasteiger partial charge on any atom is 0.227 e. The molecule has 1 aliphatic rings. The molecule has 1 saturated heterocycles. The van der Waals surface area contributed by atoms with Crippen LogP contribution in [0.25, 0.3) is 0 Å². The summed E-state index contributed by atoms with van der Waals surface area (Å²) < 4.78 is 5.29. The normalized spacial score (nSPS) is 22.2. The first kappa shape index (κ1) is 13.9. The van der Waals surface area contributed by atoms with Gasteiger partial charge in [0.05, 0.1) is 12.5 Å². The molecule has 1 aliphatic heterocycles. The second-order valence-electron chi connectivity index (χ2n) is 5.06. The Balaban J connectivity index is 2.00. The molecule has 1 unspecified atom stereocenters. The van der Waals surface area contributed by atoms with Crippen molar-refractivity contribution in [2.45, 2.75) is 26.3 Å². The van der Waals surface area contributed by atoms with Crippen LogP contribution in [0.4, 0.5) is 0 Å². The van der Waals surface area contributed by atoms with Gasteiger partial charge in [-0.05, 0) is 25.5 Å². The Labute approximate surface area is 114 Å². The van der Waals surface area contributed by atoms with Crippen LogP contribution in [0.15, 0.2) is 24.3 Å². The molecule has 1 heterocycles. The molecule has 0 spiro atoms. The van der Waals surface area contributed by atoms with E-state index in [0.717, 1.165) is 37.2 Å². The summed E-state index contributed by atoms with van der Waals surface area (Å²) in [6.07, 6.45) is 1.79. The summed E-state index contributed by atoms with van der Waals surface area (Å²) in [7, 11) is 1.65. The molecule has 0 radical (unpaired) electrons. The largest absolute Gasteiger partial charge is 0.496 e. The molecule has 1 aromatic carbocycles. The third-order valence-corrected chi connectivity index (χ3v) is 4.03. The average molecular weight is 262 g/mol. The first-order valence-corrected chi connectivity index (χ1v) is 6.83. The lowest BCUT2D eigenvalue weighted by Crippen LogP contribution is -2.41. The quantitative estimate of drug-likeness (QED) is 0.849. The van der Waals surface area contributed by atoms with Crippen molar-refractivity contribution < 1.29 is 9.53 Å². The molecule has 0 aromatic heterocycles. The van der Waals surface area contributed by atoms with Gasteiger partial charge in [0.2, 0.25) is 5.91 Å². The van der Waals surface area contributed by atoms with Gasteiger partial charge in [-0.3, -0.25) is 4.79 Å². The Morgan fingerprint density at radius 3 is 2.89 bits per heavy atom. The highest BCUT2D eigenvalue weighted by atomic mass is 16.5. The van der Waals surface area contributed by atoms with Crippen LogP contribution in [0.3, 0.4) is 0 Å². The molecule has 4 nitrogen and oxygen atoms in total. The maximum atomic E-state index is 12.4. The molecular formula is C15H22N2O2. The standard InChI is InChI=1S/C15H22N2O2/c1-3-15(8-9-16-11-15)14(18)17-10-12-6-4-5-7-13(12)19-2/h4-7,16H,3,8-11H2,1-2H3,(H,17,18). The minimum absolute atomic E-state index is 0.144. The van der Waals surface area contributed by atoms with Gasteiger partial charge >= 0.3 is 0 Å². The van der Waals surface area contributed by atoms with E-state index >= 15 is 0 Å². The Kier molecular flexibility index (Phi) is 4.43. The number of hydrogen-bond donors (Lipinski definition) is 2. The number of hydrogen-bond acceptors (Lipinski definition) is 3. The van der Waals surface area contributed by atoms with E-state index in [4.69, 9.17) is 4.74 Å². The van der Waals surface area contributed by atoms with Crippen molar-refractivity contribution in [1.82, 2.24) is 10.6 Å². The first-order chi connectivity index (χ1) is 9.22. The zero-order valence-corrected chi connectivity index (χ0v) is 11.7. The van der Waals surface area contributed by atoms with Gasteiger partial charge in [0.25, 0.3) is 0 Å². The van der Waals surface area contributed by atoms with E-state index < -0.39 is 0 Å². The number of para-hydroxylation sites is 1. The fourth-order valence-electron chi connectivity index (χ4n) is 2.61. The van der Waals surface area contributed by atoms with E-state index in [1.165, 1.54) is 0 Å². The van der Waals surface area contributed by atoms with Crippen LogP contribution in [0.1, 0.15) is 25.3 Å². The Hall–Kier alpha value is -1.55. The topological polar surface area (TPSA) is 50.4 Å². The van der Waals surface area contributed by atoms with Crippen LogP contribution in [-0.4, -0.2) is 26.1 Å². The number of ether oxygens (including phenoxy) is 1. The van der Waals surface area contributed by atoms with Crippen molar-refractivity contribution in [1.29, 1.82) is 0 Å². The monoisotopic (exact) mass is 262 g/mol. The molecule has 1 atom stereocenters. The number of carbonyl (C=O) groups is 1. The molecule has 1 aromatic rings. The second kappa shape index (κ2) is 6.06. The summed E-state index contributed by atoms with van der Waals surface area (Å²) in [5.74, 6) is 0.962. The van der Waals surface area contributed by atoms with Gasteiger partial charge in [-0.2, -0.15) is 0 Å². The van der Waals surface area contributed by atoms with Gasteiger partial charge in [0.1, 0.15) is 5.75 Å². The molecule has 19 heavy (non-hydrogen) atoms. The van der Waals surface area contributed by atoms with Crippen molar-refractivity contribution in [3.8, 4) is 5.75 Å². The fraction of sp³-hybridized carbons (Fsp3) is 0.533. The third-order valence-electron chi connectivity index (χ3n) is 4.03. The minimum Gasteiger partial charge on any atom is -0.496 e. The lowest BCUT2D eigenvalue weighted by atomic mass is 9.83. The summed E-state index contributed by atoms with van der Waals surface area (Å²) in [5, 5.41) is 6.33. The maximum absolute atomic E-state index is 12.4. The van der Waals surface area contributed by atoms with Crippen LogP contribution in [-0.2, 0) is 11.3 Å². The number of nitrogens with one attached hydrogen (secondary N) is 2. The fourth-order valence-corrected chi connectivity index (χ4v) is 2.61. The van der Waals surface area contributed by atoms with Gasteiger partial charge in [-0.1, -0.05) is 25.1 Å². The number of carbonyl (C=O) groups excluding carboxylic acids is 1. The average Bonchev–Trinajstić information content (AvgIpc) is 2.95. The smallest absolute Gasteiger partial charge is 0.227 e. The molecule has 0 saturated carbocycles. The highest BCUT2D eigenvalue weighted by molar-refractivity contribution is 5.83. The Bertz CT molecular complexity index is 440. The number of amides is 1. The zero-order chi connectivity index (χ0) is 13.7. The van der Waals surface area contributed by atoms with Crippen molar-refractivity contribution in [2.75, 3.05) is 20.2 Å². The lowest BCUT2D eigenvalue weighted by Gasteiger charge is -2.25. The van der Waals surface area contributed by atoms with Crippen molar-refractivity contribution in [3.05, 3.63) is 29.8 Å². The van der Waals surface area contributed by atoms with E-state index in [1.807, 2.05) is 24.3 Å². The van der Waals surface area contributed by atoms with E-state index in [1.54, 1.807) is 7.11 Å². The van der Waals surface area contributed by atoms with Crippen LogP contribution in [0, 0.1) is 5.41 Å². The van der Waals surface area contributed by atoms with Crippen molar-refractivity contribution in [3.63, 3.8) is 0 Å². The van der Waals surface area contributed by atoms with E-state index in [9.17, 15) is 4.79 Å². The summed E-state index contributed by atoms with van der Waals surface area (Å²) in [4.78, 5) is 12.4. The van der Waals surface area contributed by atoms with Gasteiger partial charge in [-0.25, -0.2) is 0 Å². The first-order valence-electron chi connectivity index (χ1n) is 6.83. The summed E-state index contributed by atoms with van der Waals surface area (Å²) >= 11 is 0. The Morgan fingerprint density at radius 1 is 1.47 bits per heavy atom. The van der Waals surface area contributed by atoms with Crippen LogP contribution < -0.4 is 15.4 Å². The van der Waals surface area contributed by atoms with Crippen LogP contribution in [0.5, 0.6) is 5.75 Å². The molecule has 1 fully saturated rings. The second-order valence-corrected chi connectivity index (χ2v) is 5.06. The number of methoxy groups -OCH3 is 1. The van der Waals surface area contributed by atoms with E-state index in [-0.39, 0.29) is 11.3 Å². The van der Waals surface area contributed by atoms with Crippen LogP contribution >= 0.6 is 0 Å². The molecule has 104 valence electrons. The molecule has 0 aliphatic carbocycles. The van der Waals surface area contributed by atoms with E-state index in [2.05, 4.69) is 17.6 Å². The number of rotatable bonds is 5. The summed E-state index contributed by atoms with van der Waals surface area (Å²) in [6, 6.07) is 7.77. The summed E-state index contributed by atoms with van der Waals surface area (Å²) in [6.45, 7) is 4.30. The molecule has 4 heteroatoms. The molecule has 2 rings (SSSR count).